The first kappa shape index (κ1) is 14.9. The Labute approximate surface area is 134 Å². The van der Waals surface area contributed by atoms with Gasteiger partial charge < -0.3 is 5.32 Å². The third-order valence-electron chi connectivity index (χ3n) is 3.88. The zero-order valence-corrected chi connectivity index (χ0v) is 13.0. The second kappa shape index (κ2) is 6.37. The van der Waals surface area contributed by atoms with Crippen molar-refractivity contribution in [3.05, 3.63) is 64.7 Å². The lowest BCUT2D eigenvalue weighted by molar-refractivity contribution is 0.601. The van der Waals surface area contributed by atoms with Crippen LogP contribution < -0.4 is 16.2 Å². The molecule has 1 unspecified atom stereocenters. The van der Waals surface area contributed by atoms with Crippen LogP contribution in [0.1, 0.15) is 28.3 Å². The predicted molar refractivity (Wildman–Crippen MR) is 87.8 cm³/mol. The number of nitrogens with one attached hydrogen (secondary N) is 3. The summed E-state index contributed by atoms with van der Waals surface area (Å²) in [7, 11) is 1.74. The molecule has 1 aromatic carbocycles. The lowest BCUT2D eigenvalue weighted by Gasteiger charge is -2.23. The van der Waals surface area contributed by atoms with Crippen molar-refractivity contribution < 1.29 is 4.39 Å². The van der Waals surface area contributed by atoms with Gasteiger partial charge in [0.1, 0.15) is 5.82 Å². The summed E-state index contributed by atoms with van der Waals surface area (Å²) in [5.74, 6) is -0.169. The minimum absolute atomic E-state index is 0.169. The summed E-state index contributed by atoms with van der Waals surface area (Å²) in [5, 5.41) is 3.71. The van der Waals surface area contributed by atoms with Gasteiger partial charge in [-0.25, -0.2) is 9.82 Å². The van der Waals surface area contributed by atoms with Crippen LogP contribution in [0.25, 0.3) is 0 Å². The van der Waals surface area contributed by atoms with Gasteiger partial charge in [0.15, 0.2) is 5.11 Å². The number of aryl methyl sites for hydroxylation is 1. The van der Waals surface area contributed by atoms with Gasteiger partial charge in [0.05, 0.1) is 6.04 Å². The molecule has 3 rings (SSSR count). The van der Waals surface area contributed by atoms with E-state index in [1.807, 2.05) is 18.3 Å². The molecule has 0 aliphatic heterocycles. The largest absolute Gasteiger partial charge is 0.351 e. The molecular formula is C16H17FN4S. The molecule has 6 heteroatoms. The summed E-state index contributed by atoms with van der Waals surface area (Å²) >= 11 is 5.27. The fourth-order valence-electron chi connectivity index (χ4n) is 2.90. The number of pyridine rings is 1. The highest BCUT2D eigenvalue weighted by atomic mass is 32.1. The number of hydrogen-bond acceptors (Lipinski definition) is 3. The molecule has 1 aromatic heterocycles. The zero-order valence-electron chi connectivity index (χ0n) is 12.2. The van der Waals surface area contributed by atoms with E-state index in [2.05, 4.69) is 21.2 Å². The number of thiocarbonyl (C=S) groups is 1. The quantitative estimate of drug-likeness (QED) is 0.584. The van der Waals surface area contributed by atoms with Gasteiger partial charge in [-0.1, -0.05) is 12.1 Å². The Bertz CT molecular complexity index is 704. The molecule has 0 amide bonds. The smallest absolute Gasteiger partial charge is 0.181 e. The first-order chi connectivity index (χ1) is 10.7. The standard InChI is InChI=1S/C16H17FN4S/c1-18-21-16(22)20-15-12-3-2-4-14(17)11(12)6-5-10-7-8-19-9-13(10)15/h2-4,7-9,15,18H,5-6H2,1H3,(H2,20,21,22). The molecule has 0 spiro atoms. The lowest BCUT2D eigenvalue weighted by Crippen LogP contribution is -2.44. The molecule has 1 aliphatic rings. The molecule has 22 heavy (non-hydrogen) atoms. The van der Waals surface area contributed by atoms with E-state index in [0.717, 1.165) is 28.7 Å². The topological polar surface area (TPSA) is 49.0 Å². The van der Waals surface area contributed by atoms with Gasteiger partial charge >= 0.3 is 0 Å². The summed E-state index contributed by atoms with van der Waals surface area (Å²) in [6, 6.07) is 6.96. The summed E-state index contributed by atoms with van der Waals surface area (Å²) in [4.78, 5) is 4.23. The highest BCUT2D eigenvalue weighted by Crippen LogP contribution is 2.33. The molecule has 0 bridgehead atoms. The van der Waals surface area contributed by atoms with E-state index in [1.165, 1.54) is 6.07 Å². The molecule has 114 valence electrons. The van der Waals surface area contributed by atoms with Crippen molar-refractivity contribution in [2.45, 2.75) is 18.9 Å². The fourth-order valence-corrected chi connectivity index (χ4v) is 3.12. The van der Waals surface area contributed by atoms with Gasteiger partial charge in [-0.05, 0) is 53.9 Å². The average molecular weight is 316 g/mol. The van der Waals surface area contributed by atoms with Crippen LogP contribution in [0, 0.1) is 5.82 Å². The molecule has 0 fully saturated rings. The van der Waals surface area contributed by atoms with Gasteiger partial charge in [-0.2, -0.15) is 0 Å². The van der Waals surface area contributed by atoms with Crippen LogP contribution in [0.4, 0.5) is 4.39 Å². The number of benzene rings is 1. The molecule has 4 nitrogen and oxygen atoms in total. The summed E-state index contributed by atoms with van der Waals surface area (Å²) in [6.07, 6.45) is 5.06. The van der Waals surface area contributed by atoms with Crippen molar-refractivity contribution in [1.82, 2.24) is 21.2 Å². The molecule has 0 saturated heterocycles. The highest BCUT2D eigenvalue weighted by molar-refractivity contribution is 7.80. The van der Waals surface area contributed by atoms with Crippen molar-refractivity contribution in [3.8, 4) is 0 Å². The van der Waals surface area contributed by atoms with Gasteiger partial charge in [-0.3, -0.25) is 10.4 Å². The van der Waals surface area contributed by atoms with Gasteiger partial charge in [0.2, 0.25) is 0 Å². The number of halogens is 1. The molecule has 0 saturated carbocycles. The maximum atomic E-state index is 14.2. The van der Waals surface area contributed by atoms with E-state index in [0.29, 0.717) is 11.5 Å². The minimum Gasteiger partial charge on any atom is -0.351 e. The van der Waals surface area contributed by atoms with E-state index in [-0.39, 0.29) is 11.9 Å². The van der Waals surface area contributed by atoms with Crippen molar-refractivity contribution in [2.24, 2.45) is 0 Å². The van der Waals surface area contributed by atoms with E-state index in [4.69, 9.17) is 12.2 Å². The first-order valence-electron chi connectivity index (χ1n) is 7.14. The maximum absolute atomic E-state index is 14.2. The zero-order chi connectivity index (χ0) is 15.5. The molecule has 2 aromatic rings. The Morgan fingerprint density at radius 2 is 2.14 bits per heavy atom. The summed E-state index contributed by atoms with van der Waals surface area (Å²) < 4.78 is 14.2. The van der Waals surface area contributed by atoms with Gasteiger partial charge in [-0.15, -0.1) is 0 Å². The summed E-state index contributed by atoms with van der Waals surface area (Å²) in [5.41, 5.74) is 9.48. The second-order valence-electron chi connectivity index (χ2n) is 5.16. The van der Waals surface area contributed by atoms with Crippen LogP contribution in [-0.4, -0.2) is 17.1 Å². The van der Waals surface area contributed by atoms with Gasteiger partial charge in [0, 0.05) is 25.0 Å². The fraction of sp³-hybridized carbons (Fsp3) is 0.250. The molecule has 1 heterocycles. The Morgan fingerprint density at radius 3 is 2.95 bits per heavy atom. The normalized spacial score (nSPS) is 16.2. The van der Waals surface area contributed by atoms with Crippen LogP contribution in [0.2, 0.25) is 0 Å². The maximum Gasteiger partial charge on any atom is 0.181 e. The first-order valence-corrected chi connectivity index (χ1v) is 7.55. The third-order valence-corrected chi connectivity index (χ3v) is 4.10. The SMILES string of the molecule is CNNC(=S)NC1c2cnccc2CCc2c(F)cccc21. The minimum atomic E-state index is -0.217. The van der Waals surface area contributed by atoms with Crippen LogP contribution in [0.15, 0.2) is 36.7 Å². The number of hydrazine groups is 1. The number of nitrogens with zero attached hydrogens (tertiary/aromatic N) is 1. The molecule has 1 aliphatic carbocycles. The van der Waals surface area contributed by atoms with Crippen molar-refractivity contribution >= 4 is 17.3 Å². The number of fused-ring (bicyclic) bond motifs is 2. The van der Waals surface area contributed by atoms with Crippen molar-refractivity contribution in [2.75, 3.05) is 7.05 Å². The van der Waals surface area contributed by atoms with Crippen molar-refractivity contribution in [3.63, 3.8) is 0 Å². The number of rotatable bonds is 2. The number of aromatic nitrogens is 1. The Morgan fingerprint density at radius 1 is 1.27 bits per heavy atom. The Kier molecular flexibility index (Phi) is 4.31. The molecule has 3 N–H and O–H groups in total. The van der Waals surface area contributed by atoms with E-state index >= 15 is 0 Å². The molecule has 1 atom stereocenters. The van der Waals surface area contributed by atoms with Crippen LogP contribution in [0.3, 0.4) is 0 Å². The van der Waals surface area contributed by atoms with Crippen LogP contribution >= 0.6 is 12.2 Å². The monoisotopic (exact) mass is 316 g/mol. The van der Waals surface area contributed by atoms with Crippen LogP contribution in [0.5, 0.6) is 0 Å². The van der Waals surface area contributed by atoms with E-state index in [1.54, 1.807) is 19.3 Å². The van der Waals surface area contributed by atoms with Crippen LogP contribution in [-0.2, 0) is 12.8 Å². The molecular weight excluding hydrogens is 299 g/mol. The average Bonchev–Trinajstić information content (AvgIpc) is 2.67. The number of hydrogen-bond donors (Lipinski definition) is 3. The van der Waals surface area contributed by atoms with Gasteiger partial charge in [0.25, 0.3) is 0 Å². The predicted octanol–water partition coefficient (Wildman–Crippen LogP) is 2.01. The summed E-state index contributed by atoms with van der Waals surface area (Å²) in [6.45, 7) is 0. The Balaban J connectivity index is 2.09. The van der Waals surface area contributed by atoms with E-state index in [9.17, 15) is 4.39 Å². The van der Waals surface area contributed by atoms with Crippen molar-refractivity contribution in [1.29, 1.82) is 0 Å². The van der Waals surface area contributed by atoms with E-state index < -0.39 is 0 Å². The molecule has 0 radical (unpaired) electrons. The Hall–Kier alpha value is -2.05. The lowest BCUT2D eigenvalue weighted by atomic mass is 9.96. The third kappa shape index (κ3) is 2.80. The highest BCUT2D eigenvalue weighted by Gasteiger charge is 2.26. The second-order valence-corrected chi connectivity index (χ2v) is 5.57.